The van der Waals surface area contributed by atoms with Gasteiger partial charge < -0.3 is 5.32 Å². The van der Waals surface area contributed by atoms with Crippen LogP contribution in [0.4, 0.5) is 0 Å². The second-order valence-electron chi connectivity index (χ2n) is 5.62. The maximum Gasteiger partial charge on any atom is 0.235 e. The molecular weight excluding hydrogens is 288 g/mol. The van der Waals surface area contributed by atoms with Crippen molar-refractivity contribution in [2.45, 2.75) is 33.2 Å². The molecular formula is C15H24N2O3S. The van der Waals surface area contributed by atoms with Crippen molar-refractivity contribution < 1.29 is 13.2 Å². The predicted octanol–water partition coefficient (Wildman–Crippen LogP) is 1.24. The molecule has 1 aromatic carbocycles. The van der Waals surface area contributed by atoms with Crippen LogP contribution in [0.1, 0.15) is 23.6 Å². The first-order chi connectivity index (χ1) is 9.59. The average molecular weight is 312 g/mol. The van der Waals surface area contributed by atoms with Crippen molar-refractivity contribution in [2.24, 2.45) is 0 Å². The molecule has 0 aliphatic carbocycles. The zero-order valence-corrected chi connectivity index (χ0v) is 14.1. The van der Waals surface area contributed by atoms with Gasteiger partial charge in [-0.3, -0.25) is 4.79 Å². The molecule has 1 amide bonds. The third kappa shape index (κ3) is 5.85. The lowest BCUT2D eigenvalue weighted by Gasteiger charge is -2.18. The third-order valence-electron chi connectivity index (χ3n) is 3.36. The number of hydrogen-bond acceptors (Lipinski definition) is 3. The van der Waals surface area contributed by atoms with Crippen molar-refractivity contribution >= 4 is 15.9 Å². The summed E-state index contributed by atoms with van der Waals surface area (Å²) >= 11 is 0. The van der Waals surface area contributed by atoms with Crippen LogP contribution in [0.5, 0.6) is 0 Å². The van der Waals surface area contributed by atoms with Crippen molar-refractivity contribution in [1.82, 2.24) is 9.62 Å². The second kappa shape index (κ2) is 7.04. The van der Waals surface area contributed by atoms with Gasteiger partial charge in [-0.15, -0.1) is 0 Å². The molecule has 0 spiro atoms. The van der Waals surface area contributed by atoms with Crippen LogP contribution in [0, 0.1) is 13.8 Å². The molecule has 5 nitrogen and oxygen atoms in total. The largest absolute Gasteiger partial charge is 0.352 e. The zero-order valence-electron chi connectivity index (χ0n) is 13.3. The van der Waals surface area contributed by atoms with E-state index in [1.807, 2.05) is 26.8 Å². The fourth-order valence-electron chi connectivity index (χ4n) is 2.10. The van der Waals surface area contributed by atoms with Crippen LogP contribution in [0.3, 0.4) is 0 Å². The Morgan fingerprint density at radius 2 is 1.95 bits per heavy atom. The summed E-state index contributed by atoms with van der Waals surface area (Å²) in [4.78, 5) is 11.8. The molecule has 0 fully saturated rings. The van der Waals surface area contributed by atoms with Gasteiger partial charge in [0.15, 0.2) is 0 Å². The summed E-state index contributed by atoms with van der Waals surface area (Å²) in [6, 6.07) is 6.18. The first-order valence-electron chi connectivity index (χ1n) is 6.86. The first-order valence-corrected chi connectivity index (χ1v) is 8.71. The smallest absolute Gasteiger partial charge is 0.235 e. The maximum absolute atomic E-state index is 11.8. The molecule has 0 aliphatic heterocycles. The SMILES string of the molecule is Cc1ccc(C[C@@H](C)NC(=O)CN(C)S(C)(=O)=O)c(C)c1. The Hall–Kier alpha value is -1.40. The Bertz CT molecular complexity index is 611. The summed E-state index contributed by atoms with van der Waals surface area (Å²) in [5.41, 5.74) is 3.59. The standard InChI is InChI=1S/C15H24N2O3S/c1-11-6-7-14(12(2)8-11)9-13(3)16-15(18)10-17(4)21(5,19)20/h6-8,13H,9-10H2,1-5H3,(H,16,18)/t13-/m1/s1. The van der Waals surface area contributed by atoms with E-state index < -0.39 is 10.0 Å². The van der Waals surface area contributed by atoms with Crippen molar-refractivity contribution in [1.29, 1.82) is 0 Å². The summed E-state index contributed by atoms with van der Waals surface area (Å²) in [5, 5.41) is 2.83. The zero-order chi connectivity index (χ0) is 16.2. The molecule has 0 radical (unpaired) electrons. The summed E-state index contributed by atoms with van der Waals surface area (Å²) in [6.07, 6.45) is 1.81. The van der Waals surface area contributed by atoms with Gasteiger partial charge in [-0.05, 0) is 38.3 Å². The van der Waals surface area contributed by atoms with Gasteiger partial charge in [0.2, 0.25) is 15.9 Å². The summed E-state index contributed by atoms with van der Waals surface area (Å²) in [5.74, 6) is -0.291. The Balaban J connectivity index is 2.57. The summed E-state index contributed by atoms with van der Waals surface area (Å²) in [7, 11) is -1.94. The number of carbonyl (C=O) groups is 1. The minimum absolute atomic E-state index is 0.0492. The number of aryl methyl sites for hydroxylation is 2. The fraction of sp³-hybridized carbons (Fsp3) is 0.533. The molecule has 0 heterocycles. The Morgan fingerprint density at radius 1 is 1.33 bits per heavy atom. The lowest BCUT2D eigenvalue weighted by atomic mass is 10.00. The minimum Gasteiger partial charge on any atom is -0.352 e. The number of amides is 1. The molecule has 0 saturated heterocycles. The minimum atomic E-state index is -3.33. The Morgan fingerprint density at radius 3 is 2.48 bits per heavy atom. The molecule has 0 unspecified atom stereocenters. The van der Waals surface area contributed by atoms with E-state index in [1.54, 1.807) is 0 Å². The highest BCUT2D eigenvalue weighted by molar-refractivity contribution is 7.88. The van der Waals surface area contributed by atoms with Crippen LogP contribution in [0.15, 0.2) is 18.2 Å². The second-order valence-corrected chi connectivity index (χ2v) is 7.71. The van der Waals surface area contributed by atoms with Gasteiger partial charge in [0, 0.05) is 13.1 Å². The topological polar surface area (TPSA) is 66.5 Å². The van der Waals surface area contributed by atoms with Gasteiger partial charge in [0.1, 0.15) is 0 Å². The van der Waals surface area contributed by atoms with E-state index in [1.165, 1.54) is 23.7 Å². The number of rotatable bonds is 6. The number of nitrogens with zero attached hydrogens (tertiary/aromatic N) is 1. The van der Waals surface area contributed by atoms with Gasteiger partial charge in [-0.1, -0.05) is 23.8 Å². The maximum atomic E-state index is 11.8. The number of hydrogen-bond donors (Lipinski definition) is 1. The van der Waals surface area contributed by atoms with E-state index in [9.17, 15) is 13.2 Å². The summed E-state index contributed by atoms with van der Waals surface area (Å²) < 4.78 is 23.6. The van der Waals surface area contributed by atoms with E-state index in [0.29, 0.717) is 0 Å². The molecule has 1 N–H and O–H groups in total. The van der Waals surface area contributed by atoms with E-state index in [-0.39, 0.29) is 18.5 Å². The normalized spacial score (nSPS) is 13.2. The van der Waals surface area contributed by atoms with Gasteiger partial charge in [-0.2, -0.15) is 4.31 Å². The number of carbonyl (C=O) groups excluding carboxylic acids is 1. The van der Waals surface area contributed by atoms with Crippen LogP contribution in [-0.2, 0) is 21.2 Å². The monoisotopic (exact) mass is 312 g/mol. The molecule has 0 saturated carbocycles. The molecule has 1 atom stereocenters. The average Bonchev–Trinajstić information content (AvgIpc) is 2.31. The van der Waals surface area contributed by atoms with Crippen molar-refractivity contribution in [3.63, 3.8) is 0 Å². The molecule has 0 aliphatic rings. The van der Waals surface area contributed by atoms with E-state index >= 15 is 0 Å². The van der Waals surface area contributed by atoms with Gasteiger partial charge in [0.05, 0.1) is 12.8 Å². The van der Waals surface area contributed by atoms with Crippen LogP contribution in [-0.4, -0.2) is 44.5 Å². The molecule has 0 bridgehead atoms. The lowest BCUT2D eigenvalue weighted by Crippen LogP contribution is -2.42. The van der Waals surface area contributed by atoms with Crippen LogP contribution >= 0.6 is 0 Å². The molecule has 6 heteroatoms. The Kier molecular flexibility index (Phi) is 5.92. The number of likely N-dealkylation sites (N-methyl/N-ethyl adjacent to an activating group) is 1. The van der Waals surface area contributed by atoms with Crippen LogP contribution in [0.2, 0.25) is 0 Å². The van der Waals surface area contributed by atoms with Crippen LogP contribution < -0.4 is 5.32 Å². The number of benzene rings is 1. The van der Waals surface area contributed by atoms with E-state index in [2.05, 4.69) is 17.4 Å². The number of sulfonamides is 1. The van der Waals surface area contributed by atoms with Crippen LogP contribution in [0.25, 0.3) is 0 Å². The highest BCUT2D eigenvalue weighted by Crippen LogP contribution is 2.12. The van der Waals surface area contributed by atoms with Gasteiger partial charge in [0.25, 0.3) is 0 Å². The molecule has 118 valence electrons. The van der Waals surface area contributed by atoms with Gasteiger partial charge >= 0.3 is 0 Å². The molecule has 21 heavy (non-hydrogen) atoms. The molecule has 1 rings (SSSR count). The highest BCUT2D eigenvalue weighted by Gasteiger charge is 2.16. The van der Waals surface area contributed by atoms with Gasteiger partial charge in [-0.25, -0.2) is 8.42 Å². The van der Waals surface area contributed by atoms with E-state index in [0.717, 1.165) is 17.0 Å². The van der Waals surface area contributed by atoms with Crippen molar-refractivity contribution in [3.05, 3.63) is 34.9 Å². The predicted molar refractivity (Wildman–Crippen MR) is 84.7 cm³/mol. The lowest BCUT2D eigenvalue weighted by molar-refractivity contribution is -0.121. The number of nitrogens with one attached hydrogen (secondary N) is 1. The molecule has 1 aromatic rings. The highest BCUT2D eigenvalue weighted by atomic mass is 32.2. The third-order valence-corrected chi connectivity index (χ3v) is 4.63. The summed E-state index contributed by atoms with van der Waals surface area (Å²) in [6.45, 7) is 5.85. The molecule has 0 aromatic heterocycles. The van der Waals surface area contributed by atoms with E-state index in [4.69, 9.17) is 0 Å². The Labute approximate surface area is 127 Å². The quantitative estimate of drug-likeness (QED) is 0.859. The first kappa shape index (κ1) is 17.7. The van der Waals surface area contributed by atoms with Crippen molar-refractivity contribution in [3.8, 4) is 0 Å². The fourth-order valence-corrected chi connectivity index (χ4v) is 2.45. The van der Waals surface area contributed by atoms with Crippen molar-refractivity contribution in [2.75, 3.05) is 19.8 Å².